The Morgan fingerprint density at radius 3 is 1.25 bits per heavy atom. The maximum absolute atomic E-state index is 5.64. The molecule has 0 amide bonds. The summed E-state index contributed by atoms with van der Waals surface area (Å²) < 4.78 is 1.15. The molecule has 8 aromatic rings. The summed E-state index contributed by atoms with van der Waals surface area (Å²) in [6.45, 7) is 16.8. The molecule has 0 fully saturated rings. The molecular weight excluding hydrogens is 829 g/mol. The van der Waals surface area contributed by atoms with Crippen LogP contribution in [0.25, 0.3) is 56.7 Å². The normalized spacial score (nSPS) is 12.7. The van der Waals surface area contributed by atoms with Crippen molar-refractivity contribution >= 4 is 45.1 Å². The Morgan fingerprint density at radius 1 is 0.429 bits per heavy atom. The molecule has 0 radical (unpaired) electrons. The van der Waals surface area contributed by atoms with Gasteiger partial charge in [-0.3, -0.25) is 0 Å². The van der Waals surface area contributed by atoms with E-state index in [1.165, 1.54) is 66.8 Å². The number of fused-ring (bicyclic) bond motifs is 6. The largest absolute Gasteiger partial charge is 0.399 e. The molecule has 63 heavy (non-hydrogen) atoms. The number of rotatable bonds is 6. The van der Waals surface area contributed by atoms with Crippen molar-refractivity contribution in [3.63, 3.8) is 0 Å². The van der Waals surface area contributed by atoms with Gasteiger partial charge >= 0.3 is 0 Å². The van der Waals surface area contributed by atoms with Crippen LogP contribution in [0.15, 0.2) is 200 Å². The van der Waals surface area contributed by atoms with Gasteiger partial charge in [-0.2, -0.15) is 0 Å². The Kier molecular flexibility index (Phi) is 13.9. The average Bonchev–Trinajstić information content (AvgIpc) is 3.66. The fraction of sp³-hybridized carbons (Fsp3) is 0.133. The van der Waals surface area contributed by atoms with Gasteiger partial charge in [-0.25, -0.2) is 0 Å². The molecule has 316 valence electrons. The van der Waals surface area contributed by atoms with E-state index in [0.717, 1.165) is 32.7 Å². The number of halogens is 1. The third kappa shape index (κ3) is 9.40. The van der Waals surface area contributed by atoms with E-state index in [-0.39, 0.29) is 25.7 Å². The molecule has 10 rings (SSSR count). The van der Waals surface area contributed by atoms with Crippen LogP contribution < -0.4 is 11.1 Å². The van der Waals surface area contributed by atoms with Gasteiger partial charge in [-0.05, 0) is 126 Å². The van der Waals surface area contributed by atoms with E-state index < -0.39 is 0 Å². The van der Waals surface area contributed by atoms with E-state index in [2.05, 4.69) is 220 Å². The molecule has 2 aliphatic carbocycles. The number of nitrogen functional groups attached to an aromatic ring is 1. The van der Waals surface area contributed by atoms with Crippen LogP contribution in [0.3, 0.4) is 0 Å². The number of nitrogens with one attached hydrogen (secondary N) is 1. The summed E-state index contributed by atoms with van der Waals surface area (Å²) in [6, 6.07) is 64.0. The summed E-state index contributed by atoms with van der Waals surface area (Å²) in [5.41, 5.74) is 27.0. The van der Waals surface area contributed by atoms with Crippen molar-refractivity contribution in [2.45, 2.75) is 53.4 Å². The van der Waals surface area contributed by atoms with Crippen LogP contribution in [0.2, 0.25) is 0 Å². The quantitative estimate of drug-likeness (QED) is 0.163. The molecule has 0 bridgehead atoms. The van der Waals surface area contributed by atoms with Crippen LogP contribution in [0.4, 0.5) is 17.1 Å². The Labute approximate surface area is 385 Å². The van der Waals surface area contributed by atoms with Crippen LogP contribution in [0, 0.1) is 0 Å². The molecule has 3 N–H and O–H groups in total. The van der Waals surface area contributed by atoms with Crippen molar-refractivity contribution in [3.8, 4) is 44.5 Å². The van der Waals surface area contributed by atoms with Crippen molar-refractivity contribution in [2.75, 3.05) is 11.1 Å². The third-order valence-corrected chi connectivity index (χ3v) is 12.7. The zero-order valence-electron chi connectivity index (χ0n) is 35.3. The maximum atomic E-state index is 5.64. The zero-order chi connectivity index (χ0) is 42.7. The molecule has 8 aromatic carbocycles. The highest BCUT2D eigenvalue weighted by Crippen LogP contribution is 2.50. The van der Waals surface area contributed by atoms with Crippen molar-refractivity contribution in [2.24, 2.45) is 0 Å². The summed E-state index contributed by atoms with van der Waals surface area (Å²) in [5, 5.41) is 3.58. The maximum Gasteiger partial charge on any atom is 0.0390 e. The number of anilines is 3. The molecule has 0 saturated carbocycles. The third-order valence-electron chi connectivity index (χ3n) is 12.2. The van der Waals surface area contributed by atoms with E-state index in [1.807, 2.05) is 36.4 Å². The van der Waals surface area contributed by atoms with Crippen LogP contribution in [-0.4, -0.2) is 0 Å². The lowest BCUT2D eigenvalue weighted by Crippen LogP contribution is -2.14. The summed E-state index contributed by atoms with van der Waals surface area (Å²) in [5.74, 6) is 0. The molecule has 0 saturated heterocycles. The lowest BCUT2D eigenvalue weighted by atomic mass is 9.82. The topological polar surface area (TPSA) is 38.0 Å². The van der Waals surface area contributed by atoms with Gasteiger partial charge in [0, 0.05) is 32.4 Å². The van der Waals surface area contributed by atoms with Crippen LogP contribution in [0.1, 0.15) is 75.9 Å². The second-order valence-electron chi connectivity index (χ2n) is 16.8. The van der Waals surface area contributed by atoms with Crippen LogP contribution in [-0.2, 0) is 10.8 Å². The first-order valence-corrected chi connectivity index (χ1v) is 21.6. The van der Waals surface area contributed by atoms with Gasteiger partial charge in [-0.15, -0.1) is 0 Å². The average molecular weight is 888 g/mol. The van der Waals surface area contributed by atoms with E-state index in [0.29, 0.717) is 0 Å². The minimum atomic E-state index is 0. The highest BCUT2D eigenvalue weighted by atomic mass is 79.9. The Hall–Kier alpha value is -6.68. The van der Waals surface area contributed by atoms with E-state index in [9.17, 15) is 0 Å². The van der Waals surface area contributed by atoms with E-state index >= 15 is 0 Å². The van der Waals surface area contributed by atoms with Crippen LogP contribution >= 0.6 is 15.9 Å². The number of hydrogen-bond acceptors (Lipinski definition) is 2. The molecule has 0 atom stereocenters. The van der Waals surface area contributed by atoms with Crippen molar-refractivity contribution < 1.29 is 0 Å². The van der Waals surface area contributed by atoms with E-state index in [1.54, 1.807) is 0 Å². The summed E-state index contributed by atoms with van der Waals surface area (Å²) in [7, 11) is 0. The number of nitrogens with two attached hydrogens (primary N) is 1. The molecule has 2 nitrogen and oxygen atoms in total. The van der Waals surface area contributed by atoms with Crippen molar-refractivity contribution in [1.82, 2.24) is 0 Å². The Morgan fingerprint density at radius 2 is 0.794 bits per heavy atom. The predicted molar refractivity (Wildman–Crippen MR) is 281 cm³/mol. The Bertz CT molecular complexity index is 2850. The minimum absolute atomic E-state index is 0. The SMILES string of the molecule is C.C.C=Cc1ccc(-c2ccc(N)cc2)cc1.C=Cc1ccc(-c2ccc(Nc3ccc4c(c3)-c3ccccc3C4(C)C)cc2)cc1.CC1(C)c2ccccc2-c2cc(Br)ccc21. The first kappa shape index (κ1) is 45.8. The first-order valence-electron chi connectivity index (χ1n) is 20.8. The second-order valence-corrected chi connectivity index (χ2v) is 17.7. The van der Waals surface area contributed by atoms with Gasteiger partial charge in [0.05, 0.1) is 0 Å². The van der Waals surface area contributed by atoms with Gasteiger partial charge in [0.15, 0.2) is 0 Å². The van der Waals surface area contributed by atoms with E-state index in [4.69, 9.17) is 5.73 Å². The fourth-order valence-electron chi connectivity index (χ4n) is 8.70. The monoisotopic (exact) mass is 886 g/mol. The minimum Gasteiger partial charge on any atom is -0.399 e. The van der Waals surface area contributed by atoms with Gasteiger partial charge in [-0.1, -0.05) is 217 Å². The predicted octanol–water partition coefficient (Wildman–Crippen LogP) is 17.7. The second kappa shape index (κ2) is 19.2. The number of hydrogen-bond donors (Lipinski definition) is 2. The molecule has 0 spiro atoms. The van der Waals surface area contributed by atoms with Gasteiger partial charge in [0.1, 0.15) is 0 Å². The van der Waals surface area contributed by atoms with Gasteiger partial charge in [0.25, 0.3) is 0 Å². The highest BCUT2D eigenvalue weighted by Gasteiger charge is 2.36. The molecule has 0 aliphatic heterocycles. The zero-order valence-corrected chi connectivity index (χ0v) is 36.9. The lowest BCUT2D eigenvalue weighted by Gasteiger charge is -2.21. The first-order chi connectivity index (χ1) is 29.5. The molecule has 0 aromatic heterocycles. The van der Waals surface area contributed by atoms with Gasteiger partial charge < -0.3 is 11.1 Å². The van der Waals surface area contributed by atoms with Crippen molar-refractivity contribution in [1.29, 1.82) is 0 Å². The van der Waals surface area contributed by atoms with Gasteiger partial charge in [0.2, 0.25) is 0 Å². The smallest absolute Gasteiger partial charge is 0.0390 e. The summed E-state index contributed by atoms with van der Waals surface area (Å²) >= 11 is 3.55. The summed E-state index contributed by atoms with van der Waals surface area (Å²) in [4.78, 5) is 0. The van der Waals surface area contributed by atoms with Crippen molar-refractivity contribution in [3.05, 3.63) is 233 Å². The van der Waals surface area contributed by atoms with Crippen LogP contribution in [0.5, 0.6) is 0 Å². The molecule has 0 unspecified atom stereocenters. The Balaban J connectivity index is 0.000000170. The molecule has 0 heterocycles. The highest BCUT2D eigenvalue weighted by molar-refractivity contribution is 9.10. The standard InChI is InChI=1S/C29H25N.C15H13Br.C14H13N.2CH4/c1-4-20-9-11-21(12-10-20)22-13-15-23(16-14-22)30-24-17-18-28-26(19-24)25-7-5-6-8-27(25)29(28,2)3;1-15(2)13-6-4-3-5-11(13)12-9-10(16)7-8-14(12)15;1-2-11-3-5-12(6-4-11)13-7-9-14(15)10-8-13;;/h4-19,30H,1H2,2-3H3;3-9H,1-2H3;2-10H,1,15H2;2*1H4. The number of benzene rings is 8. The fourth-order valence-corrected chi connectivity index (χ4v) is 9.06. The lowest BCUT2D eigenvalue weighted by molar-refractivity contribution is 0.660. The molecule has 2 aliphatic rings. The summed E-state index contributed by atoms with van der Waals surface area (Å²) in [6.07, 6.45) is 3.71. The molecule has 3 heteroatoms. The molecular formula is C60H59BrN2.